The van der Waals surface area contributed by atoms with E-state index in [2.05, 4.69) is 5.32 Å². The van der Waals surface area contributed by atoms with Crippen LogP contribution in [0.3, 0.4) is 0 Å². The first-order chi connectivity index (χ1) is 16.2. The minimum Gasteiger partial charge on any atom is -0.503 e. The van der Waals surface area contributed by atoms with Crippen molar-refractivity contribution >= 4 is 17.7 Å². The van der Waals surface area contributed by atoms with E-state index < -0.39 is 46.4 Å². The molecular weight excluding hydrogens is 450 g/mol. The van der Waals surface area contributed by atoms with Gasteiger partial charge in [0.05, 0.1) is 6.54 Å². The summed E-state index contributed by atoms with van der Waals surface area (Å²) >= 11 is 0. The Bertz CT molecular complexity index is 1290. The standard InChI is InChI=1S/C23H22F2N4O5/c1-11(30)28-14-4-5-15(7-14)29-18(28)10-27-9-16(20(31)21(32)19(27)23(29)34)22(33)26-8-12-2-3-13(24)6-17(12)25/h2-3,6,9,14-15,18,32H,4-5,7-8,10H2,1H3,(H,26,33). The summed E-state index contributed by atoms with van der Waals surface area (Å²) in [5, 5.41) is 13.0. The number of halogens is 2. The van der Waals surface area contributed by atoms with Crippen LogP contribution in [-0.2, 0) is 17.9 Å². The number of carbonyl (C=O) groups excluding carboxylic acids is 3. The van der Waals surface area contributed by atoms with E-state index in [0.29, 0.717) is 12.5 Å². The molecule has 0 radical (unpaired) electrons. The lowest BCUT2D eigenvalue weighted by Crippen LogP contribution is -2.65. The Morgan fingerprint density at radius 1 is 1.18 bits per heavy atom. The predicted molar refractivity (Wildman–Crippen MR) is 114 cm³/mol. The number of carbonyl (C=O) groups is 3. The van der Waals surface area contributed by atoms with Crippen LogP contribution in [0.2, 0.25) is 0 Å². The molecule has 34 heavy (non-hydrogen) atoms. The lowest BCUT2D eigenvalue weighted by Gasteiger charge is -2.50. The maximum Gasteiger partial charge on any atom is 0.276 e. The Morgan fingerprint density at radius 2 is 1.91 bits per heavy atom. The third-order valence-electron chi connectivity index (χ3n) is 6.92. The summed E-state index contributed by atoms with van der Waals surface area (Å²) in [7, 11) is 0. The number of aromatic hydroxyl groups is 1. The molecule has 2 aliphatic heterocycles. The van der Waals surface area contributed by atoms with Gasteiger partial charge in [0.25, 0.3) is 11.8 Å². The van der Waals surface area contributed by atoms with Gasteiger partial charge in [-0.05, 0) is 25.3 Å². The molecule has 3 amide bonds. The number of benzene rings is 1. The normalized spacial score (nSPS) is 22.9. The van der Waals surface area contributed by atoms with E-state index in [0.717, 1.165) is 18.9 Å². The second-order valence-electron chi connectivity index (χ2n) is 8.88. The van der Waals surface area contributed by atoms with Gasteiger partial charge in [0.2, 0.25) is 11.3 Å². The molecule has 0 spiro atoms. The summed E-state index contributed by atoms with van der Waals surface area (Å²) in [6.45, 7) is 1.21. The number of aromatic nitrogens is 1. The van der Waals surface area contributed by atoms with Crippen molar-refractivity contribution < 1.29 is 28.3 Å². The van der Waals surface area contributed by atoms with Crippen molar-refractivity contribution in [3.8, 4) is 5.75 Å². The molecule has 1 saturated heterocycles. The second-order valence-corrected chi connectivity index (χ2v) is 8.88. The lowest BCUT2D eigenvalue weighted by atomic mass is 10.0. The van der Waals surface area contributed by atoms with Gasteiger partial charge < -0.3 is 24.8 Å². The van der Waals surface area contributed by atoms with E-state index in [1.165, 1.54) is 23.8 Å². The number of amides is 3. The van der Waals surface area contributed by atoms with Gasteiger partial charge in [0.15, 0.2) is 11.4 Å². The number of rotatable bonds is 3. The van der Waals surface area contributed by atoms with E-state index in [-0.39, 0.29) is 42.3 Å². The Balaban J connectivity index is 1.48. The Hall–Kier alpha value is -3.76. The molecule has 178 valence electrons. The average molecular weight is 472 g/mol. The van der Waals surface area contributed by atoms with Gasteiger partial charge in [-0.2, -0.15) is 0 Å². The van der Waals surface area contributed by atoms with Crippen molar-refractivity contribution in [1.29, 1.82) is 0 Å². The molecule has 3 atom stereocenters. The summed E-state index contributed by atoms with van der Waals surface area (Å²) in [4.78, 5) is 54.4. The van der Waals surface area contributed by atoms with Gasteiger partial charge in [0.1, 0.15) is 23.4 Å². The molecule has 11 heteroatoms. The highest BCUT2D eigenvalue weighted by molar-refractivity contribution is 5.99. The van der Waals surface area contributed by atoms with Crippen LogP contribution in [0.5, 0.6) is 5.75 Å². The van der Waals surface area contributed by atoms with Crippen molar-refractivity contribution in [1.82, 2.24) is 19.7 Å². The largest absolute Gasteiger partial charge is 0.503 e. The molecule has 1 aromatic heterocycles. The van der Waals surface area contributed by atoms with Gasteiger partial charge in [-0.25, -0.2) is 8.78 Å². The summed E-state index contributed by atoms with van der Waals surface area (Å²) in [5.74, 6) is -4.10. The monoisotopic (exact) mass is 472 g/mol. The Morgan fingerprint density at radius 3 is 2.62 bits per heavy atom. The number of pyridine rings is 1. The van der Waals surface area contributed by atoms with E-state index in [4.69, 9.17) is 0 Å². The van der Waals surface area contributed by atoms with E-state index in [1.54, 1.807) is 9.80 Å². The zero-order chi connectivity index (χ0) is 24.3. The van der Waals surface area contributed by atoms with Gasteiger partial charge in [-0.3, -0.25) is 19.2 Å². The summed E-state index contributed by atoms with van der Waals surface area (Å²) in [5.41, 5.74) is -1.67. The second kappa shape index (κ2) is 7.93. The van der Waals surface area contributed by atoms with Crippen LogP contribution in [0.1, 0.15) is 52.6 Å². The first-order valence-corrected chi connectivity index (χ1v) is 11.0. The van der Waals surface area contributed by atoms with Crippen molar-refractivity contribution in [3.63, 3.8) is 0 Å². The van der Waals surface area contributed by atoms with E-state index in [9.17, 15) is 33.1 Å². The maximum absolute atomic E-state index is 13.9. The SMILES string of the molecule is CC(=O)N1C2CCC(C2)N2C(=O)c3c(O)c(=O)c(C(=O)NCc4ccc(F)cc4F)cn3CC12. The van der Waals surface area contributed by atoms with E-state index in [1.807, 2.05) is 0 Å². The molecule has 1 aromatic carbocycles. The fourth-order valence-electron chi connectivity index (χ4n) is 5.42. The zero-order valence-electron chi connectivity index (χ0n) is 18.3. The number of hydrogen-bond acceptors (Lipinski definition) is 5. The first kappa shape index (κ1) is 22.1. The molecule has 3 unspecified atom stereocenters. The molecule has 2 aromatic rings. The first-order valence-electron chi connectivity index (χ1n) is 11.0. The minimum atomic E-state index is -1.03. The zero-order valence-corrected chi connectivity index (χ0v) is 18.3. The Labute approximate surface area is 192 Å². The molecule has 5 rings (SSSR count). The van der Waals surface area contributed by atoms with Crippen molar-refractivity contribution in [2.24, 2.45) is 0 Å². The van der Waals surface area contributed by atoms with Gasteiger partial charge >= 0.3 is 0 Å². The lowest BCUT2D eigenvalue weighted by molar-refractivity contribution is -0.142. The Kier molecular flexibility index (Phi) is 5.14. The molecule has 3 aliphatic rings. The van der Waals surface area contributed by atoms with Crippen molar-refractivity contribution in [2.75, 3.05) is 0 Å². The van der Waals surface area contributed by atoms with Gasteiger partial charge in [-0.1, -0.05) is 6.07 Å². The smallest absolute Gasteiger partial charge is 0.276 e. The molecular formula is C23H22F2N4O5. The third kappa shape index (κ3) is 3.34. The molecule has 1 saturated carbocycles. The van der Waals surface area contributed by atoms with Crippen LogP contribution in [0.25, 0.3) is 0 Å². The number of nitrogens with zero attached hydrogens (tertiary/aromatic N) is 3. The summed E-state index contributed by atoms with van der Waals surface area (Å²) in [6.07, 6.45) is 2.72. The minimum absolute atomic E-state index is 0.0117. The van der Waals surface area contributed by atoms with Gasteiger partial charge in [0, 0.05) is 43.4 Å². The van der Waals surface area contributed by atoms with Crippen molar-refractivity contribution in [2.45, 2.75) is 57.5 Å². The van der Waals surface area contributed by atoms with E-state index >= 15 is 0 Å². The number of nitrogens with one attached hydrogen (secondary N) is 1. The molecule has 9 nitrogen and oxygen atoms in total. The molecule has 2 fully saturated rings. The topological polar surface area (TPSA) is 112 Å². The van der Waals surface area contributed by atoms with Crippen LogP contribution >= 0.6 is 0 Å². The predicted octanol–water partition coefficient (Wildman–Crippen LogP) is 1.33. The average Bonchev–Trinajstić information content (AvgIpc) is 3.18. The highest BCUT2D eigenvalue weighted by atomic mass is 19.1. The van der Waals surface area contributed by atoms with Crippen LogP contribution in [0, 0.1) is 11.6 Å². The number of fused-ring (bicyclic) bond motifs is 5. The quantitative estimate of drug-likeness (QED) is 0.700. The maximum atomic E-state index is 13.9. The molecule has 2 N–H and O–H groups in total. The van der Waals surface area contributed by atoms with Crippen LogP contribution in [0.15, 0.2) is 29.2 Å². The summed E-state index contributed by atoms with van der Waals surface area (Å²) < 4.78 is 28.3. The number of hydrogen-bond donors (Lipinski definition) is 2. The molecule has 2 bridgehead atoms. The van der Waals surface area contributed by atoms with Crippen LogP contribution in [0.4, 0.5) is 8.78 Å². The van der Waals surface area contributed by atoms with Gasteiger partial charge in [-0.15, -0.1) is 0 Å². The highest BCUT2D eigenvalue weighted by Gasteiger charge is 2.51. The van der Waals surface area contributed by atoms with Crippen LogP contribution in [-0.4, -0.2) is 55.4 Å². The fourth-order valence-corrected chi connectivity index (χ4v) is 5.42. The molecule has 3 heterocycles. The van der Waals surface area contributed by atoms with Crippen LogP contribution < -0.4 is 10.7 Å². The third-order valence-corrected chi connectivity index (χ3v) is 6.92. The van der Waals surface area contributed by atoms with Crippen molar-refractivity contribution in [3.05, 3.63) is 63.1 Å². The summed E-state index contributed by atoms with van der Waals surface area (Å²) in [6, 6.07) is 2.81. The molecule has 1 aliphatic carbocycles. The highest BCUT2D eigenvalue weighted by Crippen LogP contribution is 2.40. The fraction of sp³-hybridized carbons (Fsp3) is 0.391.